The van der Waals surface area contributed by atoms with E-state index in [2.05, 4.69) is 15.7 Å². The number of hydrogen-bond acceptors (Lipinski definition) is 3. The summed E-state index contributed by atoms with van der Waals surface area (Å²) in [5.74, 6) is -0.121. The van der Waals surface area contributed by atoms with Gasteiger partial charge < -0.3 is 10.6 Å². The number of nitrogens with one attached hydrogen (secondary N) is 2. The van der Waals surface area contributed by atoms with Crippen LogP contribution in [0.3, 0.4) is 0 Å². The first-order chi connectivity index (χ1) is 9.65. The van der Waals surface area contributed by atoms with Gasteiger partial charge in [0, 0.05) is 25.5 Å². The molecule has 0 saturated carbocycles. The second kappa shape index (κ2) is 6.23. The fourth-order valence-corrected chi connectivity index (χ4v) is 2.12. The Morgan fingerprint density at radius 1 is 1.25 bits per heavy atom. The van der Waals surface area contributed by atoms with Gasteiger partial charge in [0.1, 0.15) is 0 Å². The minimum atomic E-state index is -0.121. The van der Waals surface area contributed by atoms with E-state index in [1.165, 1.54) is 0 Å². The Morgan fingerprint density at radius 3 is 2.70 bits per heavy atom. The number of benzene rings is 1. The standard InChI is InChI=1S/C15H20N4O/c1-4-12-14(10-19(3)18-12)17-15(20)11-8-6-7-9-13(11)16-5-2/h6-10,16H,4-5H2,1-3H3,(H,17,20). The van der Waals surface area contributed by atoms with Crippen LogP contribution in [0.4, 0.5) is 11.4 Å². The second-order valence-electron chi connectivity index (χ2n) is 4.55. The van der Waals surface area contributed by atoms with Gasteiger partial charge in [-0.1, -0.05) is 19.1 Å². The molecule has 1 aromatic heterocycles. The van der Waals surface area contributed by atoms with Crippen molar-refractivity contribution in [2.45, 2.75) is 20.3 Å². The van der Waals surface area contributed by atoms with Crippen molar-refractivity contribution in [3.63, 3.8) is 0 Å². The molecule has 0 atom stereocenters. The van der Waals surface area contributed by atoms with Crippen molar-refractivity contribution < 1.29 is 4.79 Å². The number of rotatable bonds is 5. The number of nitrogens with zero attached hydrogens (tertiary/aromatic N) is 2. The zero-order valence-corrected chi connectivity index (χ0v) is 12.1. The molecular weight excluding hydrogens is 252 g/mol. The Bertz CT molecular complexity index is 604. The molecule has 0 spiro atoms. The Balaban J connectivity index is 2.23. The van der Waals surface area contributed by atoms with Gasteiger partial charge >= 0.3 is 0 Å². The molecule has 1 aromatic carbocycles. The summed E-state index contributed by atoms with van der Waals surface area (Å²) in [6.45, 7) is 4.80. The smallest absolute Gasteiger partial charge is 0.257 e. The molecule has 106 valence electrons. The molecule has 2 N–H and O–H groups in total. The van der Waals surface area contributed by atoms with Crippen LogP contribution in [0.1, 0.15) is 29.9 Å². The quantitative estimate of drug-likeness (QED) is 0.879. The SMILES string of the molecule is CCNc1ccccc1C(=O)Nc1cn(C)nc1CC. The van der Waals surface area contributed by atoms with E-state index in [4.69, 9.17) is 0 Å². The topological polar surface area (TPSA) is 59.0 Å². The van der Waals surface area contributed by atoms with Gasteiger partial charge in [-0.3, -0.25) is 9.48 Å². The Hall–Kier alpha value is -2.30. The lowest BCUT2D eigenvalue weighted by Gasteiger charge is -2.10. The van der Waals surface area contributed by atoms with Crippen molar-refractivity contribution in [2.75, 3.05) is 17.2 Å². The van der Waals surface area contributed by atoms with E-state index in [1.54, 1.807) is 4.68 Å². The summed E-state index contributed by atoms with van der Waals surface area (Å²) in [6, 6.07) is 7.49. The lowest BCUT2D eigenvalue weighted by molar-refractivity contribution is 0.102. The summed E-state index contributed by atoms with van der Waals surface area (Å²) in [4.78, 5) is 12.4. The maximum atomic E-state index is 12.4. The lowest BCUT2D eigenvalue weighted by Crippen LogP contribution is -2.15. The largest absolute Gasteiger partial charge is 0.385 e. The molecular formula is C15H20N4O. The Labute approximate surface area is 119 Å². The number of aryl methyl sites for hydroxylation is 2. The highest BCUT2D eigenvalue weighted by molar-refractivity contribution is 6.08. The number of aromatic nitrogens is 2. The molecule has 0 aliphatic rings. The minimum absolute atomic E-state index is 0.121. The normalized spacial score (nSPS) is 10.3. The van der Waals surface area contributed by atoms with Gasteiger partial charge in [-0.05, 0) is 25.5 Å². The van der Waals surface area contributed by atoms with Crippen molar-refractivity contribution in [1.82, 2.24) is 9.78 Å². The summed E-state index contributed by atoms with van der Waals surface area (Å²) < 4.78 is 1.71. The maximum absolute atomic E-state index is 12.4. The molecule has 2 aromatic rings. The van der Waals surface area contributed by atoms with Gasteiger partial charge in [0.25, 0.3) is 5.91 Å². The van der Waals surface area contributed by atoms with Gasteiger partial charge in [0.15, 0.2) is 0 Å². The monoisotopic (exact) mass is 272 g/mol. The number of carbonyl (C=O) groups is 1. The highest BCUT2D eigenvalue weighted by Gasteiger charge is 2.14. The first-order valence-corrected chi connectivity index (χ1v) is 6.82. The van der Waals surface area contributed by atoms with Crippen LogP contribution >= 0.6 is 0 Å². The molecule has 20 heavy (non-hydrogen) atoms. The molecule has 0 aliphatic heterocycles. The van der Waals surface area contributed by atoms with Crippen LogP contribution in [-0.2, 0) is 13.5 Å². The van der Waals surface area contributed by atoms with Gasteiger partial charge in [0.05, 0.1) is 16.9 Å². The van der Waals surface area contributed by atoms with Crippen LogP contribution in [0.15, 0.2) is 30.5 Å². The van der Waals surface area contributed by atoms with E-state index in [9.17, 15) is 4.79 Å². The molecule has 0 unspecified atom stereocenters. The van der Waals surface area contributed by atoms with Crippen LogP contribution in [0.2, 0.25) is 0 Å². The van der Waals surface area contributed by atoms with E-state index in [-0.39, 0.29) is 5.91 Å². The van der Waals surface area contributed by atoms with Gasteiger partial charge in [-0.15, -0.1) is 0 Å². The number of carbonyl (C=O) groups excluding carboxylic acids is 1. The molecule has 5 heteroatoms. The van der Waals surface area contributed by atoms with Crippen molar-refractivity contribution in [3.05, 3.63) is 41.7 Å². The van der Waals surface area contributed by atoms with E-state index < -0.39 is 0 Å². The molecule has 1 heterocycles. The summed E-state index contributed by atoms with van der Waals surface area (Å²) in [5.41, 5.74) is 3.14. The fraction of sp³-hybridized carbons (Fsp3) is 0.333. The van der Waals surface area contributed by atoms with Crippen LogP contribution in [-0.4, -0.2) is 22.2 Å². The van der Waals surface area contributed by atoms with Crippen molar-refractivity contribution in [1.29, 1.82) is 0 Å². The van der Waals surface area contributed by atoms with Crippen molar-refractivity contribution in [2.24, 2.45) is 7.05 Å². The first kappa shape index (κ1) is 14.1. The molecule has 0 radical (unpaired) electrons. The average Bonchev–Trinajstić information content (AvgIpc) is 2.79. The fourth-order valence-electron chi connectivity index (χ4n) is 2.12. The maximum Gasteiger partial charge on any atom is 0.257 e. The number of para-hydroxylation sites is 1. The van der Waals surface area contributed by atoms with E-state index >= 15 is 0 Å². The number of amides is 1. The minimum Gasteiger partial charge on any atom is -0.385 e. The highest BCUT2D eigenvalue weighted by atomic mass is 16.1. The van der Waals surface area contributed by atoms with Crippen LogP contribution < -0.4 is 10.6 Å². The summed E-state index contributed by atoms with van der Waals surface area (Å²) in [7, 11) is 1.85. The number of anilines is 2. The zero-order chi connectivity index (χ0) is 14.5. The molecule has 5 nitrogen and oxygen atoms in total. The number of hydrogen-bond donors (Lipinski definition) is 2. The van der Waals surface area contributed by atoms with Gasteiger partial charge in [-0.25, -0.2) is 0 Å². The van der Waals surface area contributed by atoms with Crippen molar-refractivity contribution >= 4 is 17.3 Å². The van der Waals surface area contributed by atoms with E-state index in [0.717, 1.165) is 30.0 Å². The molecule has 1 amide bonds. The van der Waals surface area contributed by atoms with Crippen LogP contribution in [0, 0.1) is 0 Å². The molecule has 0 saturated heterocycles. The first-order valence-electron chi connectivity index (χ1n) is 6.82. The molecule has 0 fully saturated rings. The average molecular weight is 272 g/mol. The summed E-state index contributed by atoms with van der Waals surface area (Å²) in [6.07, 6.45) is 2.61. The summed E-state index contributed by atoms with van der Waals surface area (Å²) >= 11 is 0. The van der Waals surface area contributed by atoms with Crippen LogP contribution in [0.25, 0.3) is 0 Å². The predicted octanol–water partition coefficient (Wildman–Crippen LogP) is 2.67. The van der Waals surface area contributed by atoms with Crippen molar-refractivity contribution in [3.8, 4) is 0 Å². The van der Waals surface area contributed by atoms with Crippen LogP contribution in [0.5, 0.6) is 0 Å². The second-order valence-corrected chi connectivity index (χ2v) is 4.55. The third-order valence-corrected chi connectivity index (χ3v) is 3.03. The highest BCUT2D eigenvalue weighted by Crippen LogP contribution is 2.19. The third-order valence-electron chi connectivity index (χ3n) is 3.03. The lowest BCUT2D eigenvalue weighted by atomic mass is 10.1. The van der Waals surface area contributed by atoms with Gasteiger partial charge in [0.2, 0.25) is 0 Å². The van der Waals surface area contributed by atoms with E-state index in [0.29, 0.717) is 5.56 Å². The Kier molecular flexibility index (Phi) is 4.40. The van der Waals surface area contributed by atoms with Gasteiger partial charge in [-0.2, -0.15) is 5.10 Å². The predicted molar refractivity (Wildman–Crippen MR) is 81.1 cm³/mol. The van der Waals surface area contributed by atoms with E-state index in [1.807, 2.05) is 51.4 Å². The molecule has 0 aliphatic carbocycles. The zero-order valence-electron chi connectivity index (χ0n) is 12.1. The molecule has 2 rings (SSSR count). The Morgan fingerprint density at radius 2 is 2.00 bits per heavy atom. The summed E-state index contributed by atoms with van der Waals surface area (Å²) in [5, 5.41) is 10.5. The third kappa shape index (κ3) is 2.99. The molecule has 0 bridgehead atoms.